The lowest BCUT2D eigenvalue weighted by Crippen LogP contribution is -2.37. The van der Waals surface area contributed by atoms with Crippen LogP contribution in [-0.4, -0.2) is 34.3 Å². The lowest BCUT2D eigenvalue weighted by Gasteiger charge is -2.18. The number of Topliss-reactive ketones (excluding diaryl/α,β-unsaturated/α-hetero) is 2. The van der Waals surface area contributed by atoms with E-state index < -0.39 is 22.1 Å². The average molecular weight is 611 g/mol. The zero-order valence-corrected chi connectivity index (χ0v) is 23.1. The molecule has 0 saturated heterocycles. The number of benzene rings is 3. The first-order valence-electron chi connectivity index (χ1n) is 11.4. The fraction of sp³-hybridized carbons (Fsp3) is 0.185. The van der Waals surface area contributed by atoms with Gasteiger partial charge in [0, 0.05) is 39.2 Å². The summed E-state index contributed by atoms with van der Waals surface area (Å²) in [5.41, 5.74) is 1.97. The van der Waals surface area contributed by atoms with E-state index in [0.717, 1.165) is 0 Å². The molecule has 1 saturated carbocycles. The highest BCUT2D eigenvalue weighted by atomic mass is 35.5. The molecule has 3 aromatic carbocycles. The fourth-order valence-electron chi connectivity index (χ4n) is 4.74. The van der Waals surface area contributed by atoms with Gasteiger partial charge in [-0.05, 0) is 53.6 Å². The van der Waals surface area contributed by atoms with Gasteiger partial charge in [0.1, 0.15) is 4.33 Å². The van der Waals surface area contributed by atoms with E-state index in [9.17, 15) is 19.2 Å². The largest absolute Gasteiger partial charge is 0.345 e. The third-order valence-electron chi connectivity index (χ3n) is 6.55. The topological polar surface area (TPSA) is 92.3 Å². The lowest BCUT2D eigenvalue weighted by atomic mass is 9.90. The van der Waals surface area contributed by atoms with Crippen molar-refractivity contribution >= 4 is 87.1 Å². The van der Waals surface area contributed by atoms with Crippen molar-refractivity contribution < 1.29 is 19.2 Å². The van der Waals surface area contributed by atoms with Gasteiger partial charge in [-0.15, -0.1) is 23.2 Å². The van der Waals surface area contributed by atoms with Gasteiger partial charge in [0.15, 0.2) is 11.6 Å². The number of hydrogen-bond donors (Lipinski definition) is 2. The number of fused-ring (bicyclic) bond motifs is 1. The molecule has 2 N–H and O–H groups in total. The molecule has 0 spiro atoms. The van der Waals surface area contributed by atoms with Crippen molar-refractivity contribution in [3.63, 3.8) is 0 Å². The summed E-state index contributed by atoms with van der Waals surface area (Å²) in [5, 5.41) is 6.21. The monoisotopic (exact) mass is 608 g/mol. The molecule has 0 bridgehead atoms. The summed E-state index contributed by atoms with van der Waals surface area (Å²) in [6.45, 7) is -0.133. The first-order chi connectivity index (χ1) is 18.0. The maximum absolute atomic E-state index is 13.2. The number of ketones is 2. The maximum Gasteiger partial charge on any atom is 0.252 e. The molecule has 1 fully saturated rings. The van der Waals surface area contributed by atoms with E-state index in [4.69, 9.17) is 58.0 Å². The summed E-state index contributed by atoms with van der Waals surface area (Å²) in [5.74, 6) is -2.81. The molecular weight excluding hydrogens is 594 g/mol. The van der Waals surface area contributed by atoms with Crippen LogP contribution in [0.25, 0.3) is 0 Å². The third-order valence-corrected chi connectivity index (χ3v) is 8.26. The van der Waals surface area contributed by atoms with Crippen molar-refractivity contribution in [1.29, 1.82) is 0 Å². The Morgan fingerprint density at radius 3 is 2.39 bits per heavy atom. The first-order valence-corrected chi connectivity index (χ1v) is 13.3. The van der Waals surface area contributed by atoms with Gasteiger partial charge in [0.05, 0.1) is 23.0 Å². The molecule has 38 heavy (non-hydrogen) atoms. The Morgan fingerprint density at radius 2 is 1.68 bits per heavy atom. The number of nitrogens with one attached hydrogen (secondary N) is 2. The molecule has 3 aromatic rings. The van der Waals surface area contributed by atoms with Gasteiger partial charge in [-0.3, -0.25) is 19.2 Å². The minimum atomic E-state index is -1.37. The molecular formula is C27H17Cl5N2O4. The molecule has 1 aliphatic carbocycles. The van der Waals surface area contributed by atoms with Crippen molar-refractivity contribution in [1.82, 2.24) is 5.32 Å². The lowest BCUT2D eigenvalue weighted by molar-refractivity contribution is -0.117. The second-order valence-corrected chi connectivity index (χ2v) is 11.8. The van der Waals surface area contributed by atoms with Crippen LogP contribution in [0, 0.1) is 5.92 Å². The number of carbonyl (C=O) groups excluding carboxylic acids is 4. The van der Waals surface area contributed by atoms with E-state index >= 15 is 0 Å². The number of rotatable bonds is 6. The number of alkyl halides is 2. The van der Waals surface area contributed by atoms with Crippen molar-refractivity contribution in [3.05, 3.63) is 97.5 Å². The number of anilines is 1. The Hall–Kier alpha value is -2.61. The maximum atomic E-state index is 13.2. The molecule has 2 aliphatic rings. The van der Waals surface area contributed by atoms with Crippen LogP contribution in [0.1, 0.15) is 48.1 Å². The number of halogens is 5. The van der Waals surface area contributed by atoms with Crippen LogP contribution >= 0.6 is 58.0 Å². The Bertz CT molecular complexity index is 1520. The molecule has 2 unspecified atom stereocenters. The van der Waals surface area contributed by atoms with E-state index in [1.165, 1.54) is 18.2 Å². The fourth-order valence-corrected chi connectivity index (χ4v) is 6.33. The highest BCUT2D eigenvalue weighted by molar-refractivity contribution is 6.53. The third kappa shape index (κ3) is 5.04. The average Bonchev–Trinajstić information content (AvgIpc) is 3.44. The van der Waals surface area contributed by atoms with E-state index in [1.807, 2.05) is 0 Å². The molecule has 1 aliphatic heterocycles. The van der Waals surface area contributed by atoms with Crippen LogP contribution < -0.4 is 10.6 Å². The smallest absolute Gasteiger partial charge is 0.252 e. The standard InChI is InChI=1S/C27H17Cl5N2O4/c28-14-6-13(7-15(29)9-14)23-24(27(23,31)32)26(38)34-16-4-5-19(30)18(10-16)20(35)8-12-2-1-3-17-22(12)21(36)11-33-25(17)37/h1-7,9-10,23-24H,8,11H2,(H,33,37)(H,34,38). The number of hydrogen-bond acceptors (Lipinski definition) is 4. The van der Waals surface area contributed by atoms with Gasteiger partial charge in [-0.2, -0.15) is 0 Å². The van der Waals surface area contributed by atoms with Crippen LogP contribution in [-0.2, 0) is 11.2 Å². The van der Waals surface area contributed by atoms with E-state index in [2.05, 4.69) is 10.6 Å². The van der Waals surface area contributed by atoms with E-state index in [-0.39, 0.29) is 52.2 Å². The van der Waals surface area contributed by atoms with Gasteiger partial charge in [0.2, 0.25) is 5.91 Å². The van der Waals surface area contributed by atoms with E-state index in [0.29, 0.717) is 26.9 Å². The van der Waals surface area contributed by atoms with Crippen molar-refractivity contribution in [2.75, 3.05) is 11.9 Å². The number of carbonyl (C=O) groups is 4. The minimum absolute atomic E-state index is 0.133. The summed E-state index contributed by atoms with van der Waals surface area (Å²) in [6.07, 6.45) is -0.161. The van der Waals surface area contributed by atoms with Gasteiger partial charge < -0.3 is 10.6 Å². The second kappa shape index (κ2) is 10.2. The quantitative estimate of drug-likeness (QED) is 0.246. The predicted octanol–water partition coefficient (Wildman–Crippen LogP) is 6.52. The summed E-state index contributed by atoms with van der Waals surface area (Å²) >= 11 is 31.4. The minimum Gasteiger partial charge on any atom is -0.345 e. The Kier molecular flexibility index (Phi) is 7.22. The second-order valence-electron chi connectivity index (χ2n) is 9.06. The van der Waals surface area contributed by atoms with Crippen LogP contribution in [0.3, 0.4) is 0 Å². The SMILES string of the molecule is O=C(Cc1cccc2c1C(=O)CNC2=O)c1cc(NC(=O)C2C(c3cc(Cl)cc(Cl)c3)C2(Cl)Cl)ccc1Cl. The summed E-state index contributed by atoms with van der Waals surface area (Å²) in [6, 6.07) is 14.1. The molecule has 0 radical (unpaired) electrons. The summed E-state index contributed by atoms with van der Waals surface area (Å²) in [7, 11) is 0. The zero-order chi connectivity index (χ0) is 27.4. The molecule has 194 valence electrons. The Balaban J connectivity index is 1.36. The van der Waals surface area contributed by atoms with Gasteiger partial charge in [0.25, 0.3) is 5.91 Å². The molecule has 0 aromatic heterocycles. The van der Waals surface area contributed by atoms with Gasteiger partial charge in [-0.25, -0.2) is 0 Å². The summed E-state index contributed by atoms with van der Waals surface area (Å²) < 4.78 is -1.37. The Labute approximate surface area is 242 Å². The van der Waals surface area contributed by atoms with Gasteiger partial charge in [-0.1, -0.05) is 46.9 Å². The van der Waals surface area contributed by atoms with Crippen LogP contribution in [0.5, 0.6) is 0 Å². The zero-order valence-electron chi connectivity index (χ0n) is 19.3. The molecule has 2 amide bonds. The van der Waals surface area contributed by atoms with Crippen molar-refractivity contribution in [3.8, 4) is 0 Å². The van der Waals surface area contributed by atoms with Crippen LogP contribution in [0.15, 0.2) is 54.6 Å². The van der Waals surface area contributed by atoms with Crippen molar-refractivity contribution in [2.24, 2.45) is 5.92 Å². The predicted molar refractivity (Wildman–Crippen MR) is 148 cm³/mol. The first kappa shape index (κ1) is 27.0. The molecule has 6 nitrogen and oxygen atoms in total. The molecule has 11 heteroatoms. The highest BCUT2D eigenvalue weighted by Crippen LogP contribution is 2.65. The highest BCUT2D eigenvalue weighted by Gasteiger charge is 2.67. The molecule has 2 atom stereocenters. The normalized spacial score (nSPS) is 19.4. The number of amides is 2. The Morgan fingerprint density at radius 1 is 0.974 bits per heavy atom. The van der Waals surface area contributed by atoms with Crippen LogP contribution in [0.4, 0.5) is 5.69 Å². The summed E-state index contributed by atoms with van der Waals surface area (Å²) in [4.78, 5) is 50.9. The van der Waals surface area contributed by atoms with Crippen molar-refractivity contribution in [2.45, 2.75) is 16.7 Å². The van der Waals surface area contributed by atoms with Gasteiger partial charge >= 0.3 is 0 Å². The molecule has 5 rings (SSSR count). The molecule has 1 heterocycles. The van der Waals surface area contributed by atoms with Crippen LogP contribution in [0.2, 0.25) is 15.1 Å². The van der Waals surface area contributed by atoms with E-state index in [1.54, 1.807) is 36.4 Å².